The molecule has 0 bridgehead atoms. The van der Waals surface area contributed by atoms with Crippen molar-refractivity contribution < 1.29 is 13.2 Å². The predicted molar refractivity (Wildman–Crippen MR) is 127 cm³/mol. The number of hydrogen-bond donors (Lipinski definition) is 1. The molecule has 1 aliphatic carbocycles. The van der Waals surface area contributed by atoms with E-state index in [1.54, 1.807) is 4.68 Å². The minimum absolute atomic E-state index is 0.114. The maximum absolute atomic E-state index is 13.3. The average molecular weight is 503 g/mol. The fourth-order valence-corrected chi connectivity index (χ4v) is 5.17. The van der Waals surface area contributed by atoms with Crippen LogP contribution in [0.5, 0.6) is 0 Å². The number of fused-ring (bicyclic) bond motifs is 1. The van der Waals surface area contributed by atoms with Crippen molar-refractivity contribution in [3.63, 3.8) is 0 Å². The topological polar surface area (TPSA) is 130 Å². The lowest BCUT2D eigenvalue weighted by atomic mass is 10.1. The Morgan fingerprint density at radius 2 is 1.94 bits per heavy atom. The number of nitrogens with zero attached hydrogens (tertiary/aromatic N) is 7. The first kappa shape index (κ1) is 22.7. The Morgan fingerprint density at radius 3 is 2.62 bits per heavy atom. The first-order valence-electron chi connectivity index (χ1n) is 10.7. The lowest BCUT2D eigenvalue weighted by Crippen LogP contribution is -2.33. The molecular weight excluding hydrogens is 480 g/mol. The third-order valence-electron chi connectivity index (χ3n) is 5.81. The van der Waals surface area contributed by atoms with Gasteiger partial charge in [-0.15, -0.1) is 10.2 Å². The van der Waals surface area contributed by atoms with Crippen molar-refractivity contribution in [2.45, 2.75) is 37.2 Å². The molecule has 11 nitrogen and oxygen atoms in total. The summed E-state index contributed by atoms with van der Waals surface area (Å²) in [5.74, 6) is 0.977. The van der Waals surface area contributed by atoms with Crippen molar-refractivity contribution in [3.05, 3.63) is 47.6 Å². The Kier molecular flexibility index (Phi) is 5.74. The van der Waals surface area contributed by atoms with Gasteiger partial charge in [0.15, 0.2) is 11.6 Å². The molecular formula is C21H23ClN8O3S. The molecule has 4 aromatic rings. The van der Waals surface area contributed by atoms with E-state index in [-0.39, 0.29) is 17.8 Å². The zero-order chi connectivity index (χ0) is 24.0. The summed E-state index contributed by atoms with van der Waals surface area (Å²) in [7, 11) is -0.681. The molecule has 5 rings (SSSR count). The quantitative estimate of drug-likeness (QED) is 0.389. The van der Waals surface area contributed by atoms with Gasteiger partial charge in [-0.1, -0.05) is 23.7 Å². The lowest BCUT2D eigenvalue weighted by Gasteiger charge is -2.22. The number of hydrogen-bond acceptors (Lipinski definition) is 8. The van der Waals surface area contributed by atoms with Gasteiger partial charge in [-0.05, 0) is 25.8 Å². The normalized spacial score (nSPS) is 16.0. The molecule has 0 saturated heterocycles. The minimum atomic E-state index is -3.95. The molecule has 0 unspecified atom stereocenters. The van der Waals surface area contributed by atoms with Crippen LogP contribution in [0, 0.1) is 0 Å². The molecule has 0 aliphatic heterocycles. The van der Waals surface area contributed by atoms with E-state index in [4.69, 9.17) is 16.3 Å². The molecule has 1 aromatic carbocycles. The third kappa shape index (κ3) is 4.12. The molecule has 3 heterocycles. The molecule has 3 aromatic heterocycles. The highest BCUT2D eigenvalue weighted by molar-refractivity contribution is 7.93. The maximum atomic E-state index is 13.3. The SMILES string of the molecule is CO[C@H](c1ncc(Cl)cn1)[C@H](C)S(=O)(=O)Nc1nnc(-c2cccc3nn(C)cc23)n1C1CC1. The average Bonchev–Trinajstić information content (AvgIpc) is 3.44. The summed E-state index contributed by atoms with van der Waals surface area (Å²) in [6.07, 6.45) is 5.64. The molecule has 1 aliphatic rings. The number of aryl methyl sites for hydroxylation is 1. The standard InChI is InChI=1S/C21H23ClN8O3S/c1-12(18(33-3)19-23-9-13(22)10-24-19)34(31,32)28-21-26-25-20(30(21)14-7-8-14)15-5-4-6-17-16(15)11-29(2)27-17/h4-6,9-12,14,18H,7-8H2,1-3H3,(H,26,28)/t12-,18-/m0/s1. The van der Waals surface area contributed by atoms with Crippen molar-refractivity contribution in [1.82, 2.24) is 34.5 Å². The van der Waals surface area contributed by atoms with Gasteiger partial charge in [-0.25, -0.2) is 18.4 Å². The number of nitrogens with one attached hydrogen (secondary N) is 1. The van der Waals surface area contributed by atoms with Gasteiger partial charge in [0.2, 0.25) is 16.0 Å². The number of halogens is 1. The van der Waals surface area contributed by atoms with Gasteiger partial charge in [0.1, 0.15) is 11.4 Å². The van der Waals surface area contributed by atoms with Crippen molar-refractivity contribution in [2.24, 2.45) is 7.05 Å². The van der Waals surface area contributed by atoms with Crippen LogP contribution in [-0.2, 0) is 21.8 Å². The van der Waals surface area contributed by atoms with E-state index in [0.717, 1.165) is 29.3 Å². The highest BCUT2D eigenvalue weighted by atomic mass is 35.5. The van der Waals surface area contributed by atoms with E-state index < -0.39 is 21.4 Å². The Labute approximate surface area is 201 Å². The minimum Gasteiger partial charge on any atom is -0.372 e. The Balaban J connectivity index is 1.50. The van der Waals surface area contributed by atoms with E-state index >= 15 is 0 Å². The second-order valence-electron chi connectivity index (χ2n) is 8.26. The van der Waals surface area contributed by atoms with Crippen LogP contribution in [0.2, 0.25) is 5.02 Å². The number of methoxy groups -OCH3 is 1. The second-order valence-corrected chi connectivity index (χ2v) is 10.7. The first-order valence-corrected chi connectivity index (χ1v) is 12.6. The lowest BCUT2D eigenvalue weighted by molar-refractivity contribution is 0.0950. The van der Waals surface area contributed by atoms with Crippen LogP contribution in [0.4, 0.5) is 5.95 Å². The van der Waals surface area contributed by atoms with E-state index in [0.29, 0.717) is 10.8 Å². The van der Waals surface area contributed by atoms with Crippen LogP contribution < -0.4 is 4.72 Å². The van der Waals surface area contributed by atoms with Gasteiger partial charge >= 0.3 is 0 Å². The summed E-state index contributed by atoms with van der Waals surface area (Å²) in [5, 5.41) is 13.3. The fraction of sp³-hybridized carbons (Fsp3) is 0.381. The highest BCUT2D eigenvalue weighted by Crippen LogP contribution is 2.42. The third-order valence-corrected chi connectivity index (χ3v) is 7.70. The van der Waals surface area contributed by atoms with Crippen molar-refractivity contribution in [2.75, 3.05) is 11.8 Å². The summed E-state index contributed by atoms with van der Waals surface area (Å²) in [4.78, 5) is 8.24. The number of benzene rings is 1. The van der Waals surface area contributed by atoms with E-state index in [1.807, 2.05) is 36.0 Å². The largest absolute Gasteiger partial charge is 0.372 e. The molecule has 0 amide bonds. The zero-order valence-corrected chi connectivity index (χ0v) is 20.3. The Hall–Kier alpha value is -3.09. The smallest absolute Gasteiger partial charge is 0.240 e. The van der Waals surface area contributed by atoms with Crippen LogP contribution in [0.3, 0.4) is 0 Å². The molecule has 1 fully saturated rings. The first-order chi connectivity index (χ1) is 16.3. The van der Waals surface area contributed by atoms with Crippen LogP contribution in [0.15, 0.2) is 36.8 Å². The Bertz CT molecular complexity index is 1450. The summed E-state index contributed by atoms with van der Waals surface area (Å²) in [6, 6.07) is 5.87. The summed E-state index contributed by atoms with van der Waals surface area (Å²) in [6.45, 7) is 1.53. The summed E-state index contributed by atoms with van der Waals surface area (Å²) >= 11 is 5.86. The molecule has 1 saturated carbocycles. The number of aromatic nitrogens is 7. The van der Waals surface area contributed by atoms with E-state index in [1.165, 1.54) is 26.4 Å². The second kappa shape index (κ2) is 8.60. The predicted octanol–water partition coefficient (Wildman–Crippen LogP) is 3.13. The molecule has 0 radical (unpaired) electrons. The molecule has 13 heteroatoms. The molecule has 34 heavy (non-hydrogen) atoms. The maximum Gasteiger partial charge on any atom is 0.240 e. The van der Waals surface area contributed by atoms with Crippen LogP contribution in [0.25, 0.3) is 22.3 Å². The number of rotatable bonds is 8. The summed E-state index contributed by atoms with van der Waals surface area (Å²) in [5.41, 5.74) is 1.67. The van der Waals surface area contributed by atoms with E-state index in [9.17, 15) is 8.42 Å². The number of anilines is 1. The van der Waals surface area contributed by atoms with Gasteiger partial charge in [0.25, 0.3) is 0 Å². The van der Waals surface area contributed by atoms with Gasteiger partial charge in [-0.2, -0.15) is 5.10 Å². The number of sulfonamides is 1. The molecule has 1 N–H and O–H groups in total. The number of ether oxygens (including phenoxy) is 1. The van der Waals surface area contributed by atoms with Crippen LogP contribution >= 0.6 is 11.6 Å². The van der Waals surface area contributed by atoms with Gasteiger partial charge in [0, 0.05) is 49.7 Å². The van der Waals surface area contributed by atoms with Gasteiger partial charge < -0.3 is 4.74 Å². The van der Waals surface area contributed by atoms with Gasteiger partial charge in [-0.3, -0.25) is 14.0 Å². The van der Waals surface area contributed by atoms with Gasteiger partial charge in [0.05, 0.1) is 10.5 Å². The van der Waals surface area contributed by atoms with Crippen molar-refractivity contribution in [3.8, 4) is 11.4 Å². The van der Waals surface area contributed by atoms with E-state index in [2.05, 4.69) is 30.0 Å². The van der Waals surface area contributed by atoms with Crippen molar-refractivity contribution >= 4 is 38.5 Å². The summed E-state index contributed by atoms with van der Waals surface area (Å²) < 4.78 is 38.3. The van der Waals surface area contributed by atoms with Crippen LogP contribution in [0.1, 0.15) is 37.7 Å². The highest BCUT2D eigenvalue weighted by Gasteiger charge is 2.36. The molecule has 2 atom stereocenters. The van der Waals surface area contributed by atoms with Crippen molar-refractivity contribution in [1.29, 1.82) is 0 Å². The Morgan fingerprint density at radius 1 is 1.21 bits per heavy atom. The fourth-order valence-electron chi connectivity index (χ4n) is 3.94. The zero-order valence-electron chi connectivity index (χ0n) is 18.8. The molecule has 0 spiro atoms. The van der Waals surface area contributed by atoms with Crippen LogP contribution in [-0.4, -0.2) is 55.3 Å². The molecule has 178 valence electrons. The monoisotopic (exact) mass is 502 g/mol.